The molecule has 4 aromatic rings. The molecule has 0 fully saturated rings. The maximum absolute atomic E-state index is 12.4. The maximum atomic E-state index is 12.4. The van der Waals surface area contributed by atoms with Crippen LogP contribution in [0.15, 0.2) is 41.1 Å². The molecule has 0 unspecified atom stereocenters. The molecule has 0 atom stereocenters. The molecule has 0 bridgehead atoms. The number of benzene rings is 2. The van der Waals surface area contributed by atoms with Crippen molar-refractivity contribution >= 4 is 45.0 Å². The van der Waals surface area contributed by atoms with Gasteiger partial charge in [-0.25, -0.2) is 0 Å². The normalized spacial score (nSPS) is 13.7. The Kier molecular flexibility index (Phi) is 2.47. The first kappa shape index (κ1) is 13.3. The molecule has 0 saturated carbocycles. The van der Waals surface area contributed by atoms with E-state index in [2.05, 4.69) is 10.3 Å². The van der Waals surface area contributed by atoms with E-state index in [0.29, 0.717) is 16.5 Å². The summed E-state index contributed by atoms with van der Waals surface area (Å²) in [4.78, 5) is 28.1. The zero-order chi connectivity index (χ0) is 16.4. The fraction of sp³-hybridized carbons (Fsp3) is 0. The first-order chi connectivity index (χ1) is 11.6. The van der Waals surface area contributed by atoms with Crippen LogP contribution in [-0.4, -0.2) is 21.9 Å². The molecule has 2 amide bonds. The molecule has 0 radical (unpaired) electrons. The first-order valence-electron chi connectivity index (χ1n) is 7.33. The second-order valence-electron chi connectivity index (χ2n) is 5.75. The fourth-order valence-corrected chi connectivity index (χ4v) is 4.05. The standard InChI is InChI=1S/C18H10N2O3S/c21-9-1-2-12-11(5-9)14-13(19-12)6-10(8-3-4-24-7-8)15-16(14)18(23)20-17(15)22/h1-7,19,21H,(H,20,22,23). The Morgan fingerprint density at radius 3 is 2.58 bits per heavy atom. The average Bonchev–Trinajstić information content (AvgIpc) is 3.25. The highest BCUT2D eigenvalue weighted by atomic mass is 32.1. The molecule has 5 nitrogen and oxygen atoms in total. The van der Waals surface area contributed by atoms with Gasteiger partial charge in [-0.3, -0.25) is 14.9 Å². The number of imide groups is 1. The molecule has 2 aromatic heterocycles. The summed E-state index contributed by atoms with van der Waals surface area (Å²) < 4.78 is 0. The van der Waals surface area contributed by atoms with Gasteiger partial charge in [-0.15, -0.1) is 0 Å². The molecule has 3 heterocycles. The molecule has 1 aliphatic rings. The number of carbonyl (C=O) groups is 2. The van der Waals surface area contributed by atoms with Gasteiger partial charge < -0.3 is 10.1 Å². The monoisotopic (exact) mass is 334 g/mol. The van der Waals surface area contributed by atoms with Crippen LogP contribution < -0.4 is 5.32 Å². The number of hydrogen-bond donors (Lipinski definition) is 3. The summed E-state index contributed by atoms with van der Waals surface area (Å²) in [5, 5.41) is 17.5. The van der Waals surface area contributed by atoms with Crippen molar-refractivity contribution in [3.63, 3.8) is 0 Å². The Morgan fingerprint density at radius 2 is 1.79 bits per heavy atom. The largest absolute Gasteiger partial charge is 0.508 e. The summed E-state index contributed by atoms with van der Waals surface area (Å²) in [7, 11) is 0. The highest BCUT2D eigenvalue weighted by Crippen LogP contribution is 2.39. The van der Waals surface area contributed by atoms with Crippen molar-refractivity contribution in [2.45, 2.75) is 0 Å². The Hall–Kier alpha value is -3.12. The van der Waals surface area contributed by atoms with Gasteiger partial charge in [0.1, 0.15) is 5.75 Å². The molecular weight excluding hydrogens is 324 g/mol. The van der Waals surface area contributed by atoms with Crippen LogP contribution >= 0.6 is 11.3 Å². The quantitative estimate of drug-likeness (QED) is 0.465. The minimum Gasteiger partial charge on any atom is -0.508 e. The number of hydrogen-bond acceptors (Lipinski definition) is 4. The number of fused-ring (bicyclic) bond motifs is 5. The Morgan fingerprint density at radius 1 is 0.958 bits per heavy atom. The lowest BCUT2D eigenvalue weighted by Crippen LogP contribution is -2.20. The number of aromatic amines is 1. The second kappa shape index (κ2) is 4.46. The van der Waals surface area contributed by atoms with E-state index in [9.17, 15) is 14.7 Å². The second-order valence-corrected chi connectivity index (χ2v) is 6.53. The minimum absolute atomic E-state index is 0.115. The summed E-state index contributed by atoms with van der Waals surface area (Å²) in [6.45, 7) is 0. The molecule has 5 rings (SSSR count). The molecule has 3 N–H and O–H groups in total. The van der Waals surface area contributed by atoms with E-state index in [4.69, 9.17) is 0 Å². The SMILES string of the molecule is O=C1NC(=O)c2c1c(-c1ccsc1)cc1[nH]c3ccc(O)cc3c21. The first-order valence-corrected chi connectivity index (χ1v) is 8.27. The Labute approximate surface area is 139 Å². The number of H-pyrrole nitrogens is 1. The lowest BCUT2D eigenvalue weighted by molar-refractivity contribution is 0.0880. The van der Waals surface area contributed by atoms with Crippen molar-refractivity contribution in [2.75, 3.05) is 0 Å². The van der Waals surface area contributed by atoms with Crippen molar-refractivity contribution in [3.05, 3.63) is 52.2 Å². The number of nitrogens with one attached hydrogen (secondary N) is 2. The number of phenolic OH excluding ortho intramolecular Hbond substituents is 1. The van der Waals surface area contributed by atoms with Gasteiger partial charge in [0.2, 0.25) is 0 Å². The lowest BCUT2D eigenvalue weighted by atomic mass is 9.94. The number of carbonyl (C=O) groups excluding carboxylic acids is 2. The van der Waals surface area contributed by atoms with Crippen LogP contribution in [0.1, 0.15) is 20.7 Å². The summed E-state index contributed by atoms with van der Waals surface area (Å²) in [6.07, 6.45) is 0. The summed E-state index contributed by atoms with van der Waals surface area (Å²) >= 11 is 1.53. The number of rotatable bonds is 1. The predicted molar refractivity (Wildman–Crippen MR) is 92.6 cm³/mol. The van der Waals surface area contributed by atoms with Crippen LogP contribution in [0.3, 0.4) is 0 Å². The van der Waals surface area contributed by atoms with Crippen LogP contribution in [0.5, 0.6) is 5.75 Å². The minimum atomic E-state index is -0.402. The predicted octanol–water partition coefficient (Wildman–Crippen LogP) is 3.64. The van der Waals surface area contributed by atoms with Gasteiger partial charge in [0, 0.05) is 21.8 Å². The Bertz CT molecular complexity index is 1170. The third-order valence-electron chi connectivity index (χ3n) is 4.38. The number of amides is 2. The highest BCUT2D eigenvalue weighted by molar-refractivity contribution is 7.08. The average molecular weight is 334 g/mol. The molecule has 0 saturated heterocycles. The lowest BCUT2D eigenvalue weighted by Gasteiger charge is -2.06. The summed E-state index contributed by atoms with van der Waals surface area (Å²) in [5.74, 6) is -0.669. The number of aromatic nitrogens is 1. The number of thiophene rings is 1. The number of aromatic hydroxyl groups is 1. The van der Waals surface area contributed by atoms with Crippen molar-refractivity contribution in [3.8, 4) is 16.9 Å². The third-order valence-corrected chi connectivity index (χ3v) is 5.07. The van der Waals surface area contributed by atoms with Gasteiger partial charge in [0.05, 0.1) is 11.1 Å². The highest BCUT2D eigenvalue weighted by Gasteiger charge is 2.33. The summed E-state index contributed by atoms with van der Waals surface area (Å²) in [6, 6.07) is 8.77. The maximum Gasteiger partial charge on any atom is 0.259 e. The number of phenols is 1. The van der Waals surface area contributed by atoms with E-state index in [1.165, 1.54) is 11.3 Å². The van der Waals surface area contributed by atoms with Gasteiger partial charge in [-0.1, -0.05) is 0 Å². The Balaban J connectivity index is 2.02. The van der Waals surface area contributed by atoms with Crippen molar-refractivity contribution in [1.82, 2.24) is 10.3 Å². The van der Waals surface area contributed by atoms with Crippen molar-refractivity contribution in [1.29, 1.82) is 0 Å². The van der Waals surface area contributed by atoms with E-state index in [1.807, 2.05) is 22.9 Å². The van der Waals surface area contributed by atoms with E-state index in [-0.39, 0.29) is 11.7 Å². The van der Waals surface area contributed by atoms with Crippen LogP contribution in [-0.2, 0) is 0 Å². The van der Waals surface area contributed by atoms with Crippen LogP contribution in [0.25, 0.3) is 32.9 Å². The zero-order valence-electron chi connectivity index (χ0n) is 12.2. The van der Waals surface area contributed by atoms with Gasteiger partial charge in [0.25, 0.3) is 11.8 Å². The molecular formula is C18H10N2O3S. The topological polar surface area (TPSA) is 82.2 Å². The fourth-order valence-electron chi connectivity index (χ4n) is 3.39. The van der Waals surface area contributed by atoms with E-state index < -0.39 is 5.91 Å². The van der Waals surface area contributed by atoms with E-state index in [0.717, 1.165) is 27.5 Å². The summed E-state index contributed by atoms with van der Waals surface area (Å²) in [5.41, 5.74) is 3.98. The van der Waals surface area contributed by atoms with Gasteiger partial charge in [0.15, 0.2) is 0 Å². The van der Waals surface area contributed by atoms with Gasteiger partial charge >= 0.3 is 0 Å². The molecule has 6 heteroatoms. The molecule has 2 aromatic carbocycles. The van der Waals surface area contributed by atoms with E-state index >= 15 is 0 Å². The smallest absolute Gasteiger partial charge is 0.259 e. The molecule has 0 aliphatic carbocycles. The van der Waals surface area contributed by atoms with Gasteiger partial charge in [-0.05, 0) is 52.2 Å². The molecule has 1 aliphatic heterocycles. The van der Waals surface area contributed by atoms with Crippen molar-refractivity contribution in [2.24, 2.45) is 0 Å². The molecule has 116 valence electrons. The van der Waals surface area contributed by atoms with E-state index in [1.54, 1.807) is 18.2 Å². The molecule has 0 spiro atoms. The zero-order valence-corrected chi connectivity index (χ0v) is 13.0. The van der Waals surface area contributed by atoms with Gasteiger partial charge in [-0.2, -0.15) is 11.3 Å². The van der Waals surface area contributed by atoms with Crippen LogP contribution in [0.2, 0.25) is 0 Å². The molecule has 24 heavy (non-hydrogen) atoms. The van der Waals surface area contributed by atoms with Crippen LogP contribution in [0, 0.1) is 0 Å². The van der Waals surface area contributed by atoms with Crippen molar-refractivity contribution < 1.29 is 14.7 Å². The third kappa shape index (κ3) is 1.63. The van der Waals surface area contributed by atoms with Crippen LogP contribution in [0.4, 0.5) is 0 Å².